The predicted octanol–water partition coefficient (Wildman–Crippen LogP) is 2.13. The first-order valence-corrected chi connectivity index (χ1v) is 7.90. The van der Waals surface area contributed by atoms with Gasteiger partial charge in [-0.1, -0.05) is 4.89 Å². The van der Waals surface area contributed by atoms with E-state index in [4.69, 9.17) is 14.0 Å². The van der Waals surface area contributed by atoms with Crippen LogP contribution in [0.25, 0.3) is 0 Å². The van der Waals surface area contributed by atoms with Gasteiger partial charge in [0.1, 0.15) is 11.5 Å². The summed E-state index contributed by atoms with van der Waals surface area (Å²) >= 11 is 0. The Hall–Kier alpha value is -1.83. The summed E-state index contributed by atoms with van der Waals surface area (Å²) in [5.41, 5.74) is 0. The minimum absolute atomic E-state index is 0.120. The van der Waals surface area contributed by atoms with E-state index in [0.717, 1.165) is 5.76 Å². The van der Waals surface area contributed by atoms with E-state index in [1.54, 1.807) is 18.4 Å². The molecular formula is C14H17NO5S. The summed E-state index contributed by atoms with van der Waals surface area (Å²) in [7, 11) is -2.15. The zero-order valence-electron chi connectivity index (χ0n) is 11.6. The third-order valence-corrected chi connectivity index (χ3v) is 4.02. The summed E-state index contributed by atoms with van der Waals surface area (Å²) in [5, 5.41) is 0. The molecule has 0 spiro atoms. The van der Waals surface area contributed by atoms with Crippen molar-refractivity contribution in [3.05, 3.63) is 48.4 Å². The van der Waals surface area contributed by atoms with Crippen molar-refractivity contribution in [1.82, 2.24) is 4.89 Å². The highest BCUT2D eigenvalue weighted by molar-refractivity contribution is 7.89. The Labute approximate surface area is 123 Å². The smallest absolute Gasteiger partial charge is 0.262 e. The van der Waals surface area contributed by atoms with Crippen LogP contribution in [0, 0.1) is 0 Å². The number of furan rings is 1. The molecule has 0 aliphatic heterocycles. The molecule has 0 saturated heterocycles. The van der Waals surface area contributed by atoms with E-state index in [9.17, 15) is 8.42 Å². The Balaban J connectivity index is 1.78. The lowest BCUT2D eigenvalue weighted by Gasteiger charge is -2.07. The normalized spacial score (nSPS) is 11.5. The Morgan fingerprint density at radius 1 is 1.19 bits per heavy atom. The molecule has 1 aromatic heterocycles. The lowest BCUT2D eigenvalue weighted by atomic mass is 10.3. The van der Waals surface area contributed by atoms with Gasteiger partial charge in [0.05, 0.1) is 24.9 Å². The minimum Gasteiger partial charge on any atom is -0.497 e. The molecule has 21 heavy (non-hydrogen) atoms. The zero-order valence-corrected chi connectivity index (χ0v) is 12.4. The first kappa shape index (κ1) is 15.6. The highest BCUT2D eigenvalue weighted by atomic mass is 32.2. The molecule has 114 valence electrons. The second kappa shape index (κ2) is 7.26. The fourth-order valence-corrected chi connectivity index (χ4v) is 2.52. The molecule has 7 heteroatoms. The monoisotopic (exact) mass is 311 g/mol. The standard InChI is InChI=1S/C14H17NO5S/c1-18-12-6-8-14(9-7-12)21(16,17)15-20-11-3-5-13-4-2-10-19-13/h2,4,6-10,15H,3,5,11H2,1H3. The molecule has 0 atom stereocenters. The van der Waals surface area contributed by atoms with Crippen molar-refractivity contribution in [3.63, 3.8) is 0 Å². The van der Waals surface area contributed by atoms with Gasteiger partial charge in [-0.2, -0.15) is 0 Å². The molecule has 0 saturated carbocycles. The topological polar surface area (TPSA) is 77.8 Å². The largest absolute Gasteiger partial charge is 0.497 e. The number of hydrogen-bond donors (Lipinski definition) is 1. The van der Waals surface area contributed by atoms with E-state index < -0.39 is 10.0 Å². The average molecular weight is 311 g/mol. The highest BCUT2D eigenvalue weighted by Gasteiger charge is 2.13. The van der Waals surface area contributed by atoms with Crippen molar-refractivity contribution < 1.29 is 22.4 Å². The van der Waals surface area contributed by atoms with Crippen molar-refractivity contribution >= 4 is 10.0 Å². The SMILES string of the molecule is COc1ccc(S(=O)(=O)NOCCCc2ccco2)cc1. The summed E-state index contributed by atoms with van der Waals surface area (Å²) in [6, 6.07) is 9.72. The van der Waals surface area contributed by atoms with Gasteiger partial charge in [-0.25, -0.2) is 8.42 Å². The lowest BCUT2D eigenvalue weighted by Crippen LogP contribution is -2.24. The van der Waals surface area contributed by atoms with Crippen LogP contribution in [0.1, 0.15) is 12.2 Å². The van der Waals surface area contributed by atoms with E-state index in [0.29, 0.717) is 18.6 Å². The zero-order chi connectivity index (χ0) is 15.1. The third-order valence-electron chi connectivity index (χ3n) is 2.79. The Bertz CT molecular complexity index is 635. The van der Waals surface area contributed by atoms with E-state index in [1.165, 1.54) is 19.2 Å². The maximum atomic E-state index is 11.9. The summed E-state index contributed by atoms with van der Waals surface area (Å²) in [5.74, 6) is 1.44. The van der Waals surface area contributed by atoms with Gasteiger partial charge in [0.25, 0.3) is 10.0 Å². The van der Waals surface area contributed by atoms with Crippen LogP contribution < -0.4 is 9.62 Å². The molecule has 2 aromatic rings. The van der Waals surface area contributed by atoms with Gasteiger partial charge in [-0.3, -0.25) is 4.84 Å². The van der Waals surface area contributed by atoms with Crippen molar-refractivity contribution in [2.45, 2.75) is 17.7 Å². The van der Waals surface area contributed by atoms with Crippen molar-refractivity contribution in [3.8, 4) is 5.75 Å². The Morgan fingerprint density at radius 2 is 1.95 bits per heavy atom. The Morgan fingerprint density at radius 3 is 2.57 bits per heavy atom. The average Bonchev–Trinajstić information content (AvgIpc) is 3.00. The van der Waals surface area contributed by atoms with Crippen LogP contribution in [0.5, 0.6) is 5.75 Å². The number of rotatable bonds is 8. The van der Waals surface area contributed by atoms with Gasteiger partial charge in [0, 0.05) is 6.42 Å². The van der Waals surface area contributed by atoms with Crippen molar-refractivity contribution in [2.75, 3.05) is 13.7 Å². The summed E-state index contributed by atoms with van der Waals surface area (Å²) in [4.78, 5) is 7.21. The van der Waals surface area contributed by atoms with Gasteiger partial charge in [0.15, 0.2) is 0 Å². The van der Waals surface area contributed by atoms with Crippen LogP contribution in [0.15, 0.2) is 52.0 Å². The van der Waals surface area contributed by atoms with E-state index in [-0.39, 0.29) is 11.5 Å². The van der Waals surface area contributed by atoms with Crippen LogP contribution in [-0.4, -0.2) is 22.1 Å². The van der Waals surface area contributed by atoms with E-state index in [2.05, 4.69) is 4.89 Å². The highest BCUT2D eigenvalue weighted by Crippen LogP contribution is 2.15. The number of ether oxygens (including phenoxy) is 1. The fourth-order valence-electron chi connectivity index (χ4n) is 1.70. The maximum absolute atomic E-state index is 11.9. The molecule has 6 nitrogen and oxygen atoms in total. The molecule has 0 unspecified atom stereocenters. The molecule has 0 aliphatic rings. The first-order chi connectivity index (χ1) is 10.1. The molecule has 0 aliphatic carbocycles. The van der Waals surface area contributed by atoms with Crippen molar-refractivity contribution in [2.24, 2.45) is 0 Å². The molecule has 0 amide bonds. The van der Waals surface area contributed by atoms with Crippen LogP contribution in [0.3, 0.4) is 0 Å². The molecule has 0 radical (unpaired) electrons. The molecule has 1 aromatic carbocycles. The van der Waals surface area contributed by atoms with Crippen LogP contribution >= 0.6 is 0 Å². The van der Waals surface area contributed by atoms with Crippen LogP contribution in [-0.2, 0) is 21.3 Å². The number of aryl methyl sites for hydroxylation is 1. The molecule has 1 heterocycles. The van der Waals surface area contributed by atoms with E-state index in [1.807, 2.05) is 12.1 Å². The van der Waals surface area contributed by atoms with Crippen LogP contribution in [0.4, 0.5) is 0 Å². The van der Waals surface area contributed by atoms with Gasteiger partial charge < -0.3 is 9.15 Å². The minimum atomic E-state index is -3.67. The van der Waals surface area contributed by atoms with Gasteiger partial charge in [-0.15, -0.1) is 0 Å². The van der Waals surface area contributed by atoms with Gasteiger partial charge in [-0.05, 0) is 42.8 Å². The lowest BCUT2D eigenvalue weighted by molar-refractivity contribution is 0.0905. The predicted molar refractivity (Wildman–Crippen MR) is 76.3 cm³/mol. The molecule has 0 fully saturated rings. The summed E-state index contributed by atoms with van der Waals surface area (Å²) < 4.78 is 34.0. The maximum Gasteiger partial charge on any atom is 0.262 e. The molecule has 0 bridgehead atoms. The number of sulfonamides is 1. The second-order valence-corrected chi connectivity index (χ2v) is 5.94. The third kappa shape index (κ3) is 4.59. The van der Waals surface area contributed by atoms with Crippen molar-refractivity contribution in [1.29, 1.82) is 0 Å². The number of nitrogens with one attached hydrogen (secondary N) is 1. The summed E-state index contributed by atoms with van der Waals surface area (Å²) in [6.07, 6.45) is 2.94. The molecular weight excluding hydrogens is 294 g/mol. The first-order valence-electron chi connectivity index (χ1n) is 6.42. The summed E-state index contributed by atoms with van der Waals surface area (Å²) in [6.45, 7) is 0.260. The van der Waals surface area contributed by atoms with Gasteiger partial charge in [0.2, 0.25) is 0 Å². The number of methoxy groups -OCH3 is 1. The molecule has 1 N–H and O–H groups in total. The number of benzene rings is 1. The fraction of sp³-hybridized carbons (Fsp3) is 0.286. The quantitative estimate of drug-likeness (QED) is 0.597. The van der Waals surface area contributed by atoms with Crippen LogP contribution in [0.2, 0.25) is 0 Å². The Kier molecular flexibility index (Phi) is 5.38. The van der Waals surface area contributed by atoms with Gasteiger partial charge >= 0.3 is 0 Å². The van der Waals surface area contributed by atoms with E-state index >= 15 is 0 Å². The number of hydrogen-bond acceptors (Lipinski definition) is 5. The second-order valence-electron chi connectivity index (χ2n) is 4.29. The molecule has 2 rings (SSSR count).